The Morgan fingerprint density at radius 3 is 2.25 bits per heavy atom. The summed E-state index contributed by atoms with van der Waals surface area (Å²) in [7, 11) is 0. The van der Waals surface area contributed by atoms with Crippen molar-refractivity contribution in [3.8, 4) is 5.75 Å². The van der Waals surface area contributed by atoms with E-state index in [0.29, 0.717) is 3.57 Å². The fourth-order valence-corrected chi connectivity index (χ4v) is 2.30. The molecule has 24 heavy (non-hydrogen) atoms. The van der Waals surface area contributed by atoms with Gasteiger partial charge in [0, 0.05) is 9.13 Å². The number of anilines is 1. The number of rotatable bonds is 4. The lowest BCUT2D eigenvalue weighted by Crippen LogP contribution is -2.17. The van der Waals surface area contributed by atoms with E-state index in [4.69, 9.17) is 5.11 Å². The van der Waals surface area contributed by atoms with Crippen LogP contribution in [0.1, 0.15) is 20.7 Å². The summed E-state index contributed by atoms with van der Waals surface area (Å²) in [5, 5.41) is 11.6. The number of nitrogens with one attached hydrogen (secondary N) is 1. The van der Waals surface area contributed by atoms with E-state index in [2.05, 4.69) is 10.1 Å². The number of benzene rings is 2. The third kappa shape index (κ3) is 4.85. The second-order valence-corrected chi connectivity index (χ2v) is 5.77. The van der Waals surface area contributed by atoms with Crippen LogP contribution >= 0.6 is 22.6 Å². The van der Waals surface area contributed by atoms with Gasteiger partial charge in [-0.15, -0.1) is 13.2 Å². The molecule has 0 aromatic heterocycles. The predicted molar refractivity (Wildman–Crippen MR) is 87.2 cm³/mol. The molecule has 0 saturated carbocycles. The summed E-state index contributed by atoms with van der Waals surface area (Å²) in [6, 6.07) is 8.71. The predicted octanol–water partition coefficient (Wildman–Crippen LogP) is 4.14. The summed E-state index contributed by atoms with van der Waals surface area (Å²) in [4.78, 5) is 23.3. The first-order valence-corrected chi connectivity index (χ1v) is 7.43. The van der Waals surface area contributed by atoms with Gasteiger partial charge in [-0.25, -0.2) is 4.79 Å². The van der Waals surface area contributed by atoms with Crippen LogP contribution in [-0.4, -0.2) is 23.3 Å². The van der Waals surface area contributed by atoms with Crippen molar-refractivity contribution in [3.63, 3.8) is 0 Å². The average Bonchev–Trinajstić information content (AvgIpc) is 2.48. The van der Waals surface area contributed by atoms with E-state index in [1.807, 2.05) is 22.6 Å². The maximum absolute atomic E-state index is 12.1. The molecule has 0 aliphatic carbocycles. The normalized spacial score (nSPS) is 11.0. The van der Waals surface area contributed by atoms with Gasteiger partial charge in [-0.2, -0.15) is 0 Å². The number of aromatic carboxylic acids is 1. The van der Waals surface area contributed by atoms with Gasteiger partial charge in [0.1, 0.15) is 5.75 Å². The van der Waals surface area contributed by atoms with E-state index in [-0.39, 0.29) is 16.8 Å². The van der Waals surface area contributed by atoms with Gasteiger partial charge in [0.15, 0.2) is 0 Å². The lowest BCUT2D eigenvalue weighted by atomic mass is 10.1. The van der Waals surface area contributed by atoms with Crippen molar-refractivity contribution >= 4 is 40.2 Å². The van der Waals surface area contributed by atoms with Gasteiger partial charge >= 0.3 is 12.3 Å². The number of halogens is 4. The Balaban J connectivity index is 2.17. The zero-order valence-corrected chi connectivity index (χ0v) is 13.9. The van der Waals surface area contributed by atoms with Crippen LogP contribution in [-0.2, 0) is 0 Å². The number of carbonyl (C=O) groups excluding carboxylic acids is 1. The Morgan fingerprint density at radius 2 is 1.71 bits per heavy atom. The Labute approximate surface area is 147 Å². The summed E-state index contributed by atoms with van der Waals surface area (Å²) in [5.74, 6) is -2.32. The molecule has 0 saturated heterocycles. The standard InChI is InChI=1S/C15H9F3INO4/c16-15(17,18)24-10-4-1-8(2-5-10)13(21)20-12-6-3-9(19)7-11(12)14(22)23/h1-7H,(H,20,21)(H,22,23). The summed E-state index contributed by atoms with van der Waals surface area (Å²) in [5.41, 5.74) is 0.0511. The number of amides is 1. The largest absolute Gasteiger partial charge is 0.573 e. The molecule has 2 rings (SSSR count). The van der Waals surface area contributed by atoms with Crippen LogP contribution < -0.4 is 10.1 Å². The molecule has 126 valence electrons. The van der Waals surface area contributed by atoms with Crippen LogP contribution in [0.2, 0.25) is 0 Å². The maximum atomic E-state index is 12.1. The SMILES string of the molecule is O=C(Nc1ccc(I)cc1C(=O)O)c1ccc(OC(F)(F)F)cc1. The van der Waals surface area contributed by atoms with E-state index in [9.17, 15) is 22.8 Å². The minimum absolute atomic E-state index is 0.0550. The molecule has 0 heterocycles. The quantitative estimate of drug-likeness (QED) is 0.686. The molecule has 0 unspecified atom stereocenters. The second-order valence-electron chi connectivity index (χ2n) is 4.52. The molecule has 0 aliphatic heterocycles. The summed E-state index contributed by atoms with van der Waals surface area (Å²) >= 11 is 1.93. The molecule has 5 nitrogen and oxygen atoms in total. The minimum atomic E-state index is -4.82. The lowest BCUT2D eigenvalue weighted by Gasteiger charge is -2.11. The van der Waals surface area contributed by atoms with Crippen LogP contribution in [0.3, 0.4) is 0 Å². The van der Waals surface area contributed by atoms with Crippen molar-refractivity contribution < 1.29 is 32.6 Å². The van der Waals surface area contributed by atoms with Gasteiger partial charge in [-0.3, -0.25) is 4.79 Å². The summed E-state index contributed by atoms with van der Waals surface area (Å²) in [6.07, 6.45) is -4.82. The summed E-state index contributed by atoms with van der Waals surface area (Å²) in [6.45, 7) is 0. The van der Waals surface area contributed by atoms with E-state index < -0.39 is 24.0 Å². The van der Waals surface area contributed by atoms with E-state index >= 15 is 0 Å². The molecular formula is C15H9F3INO4. The molecule has 0 radical (unpaired) electrons. The minimum Gasteiger partial charge on any atom is -0.478 e. The zero-order valence-electron chi connectivity index (χ0n) is 11.7. The van der Waals surface area contributed by atoms with Crippen molar-refractivity contribution in [1.29, 1.82) is 0 Å². The highest BCUT2D eigenvalue weighted by Crippen LogP contribution is 2.24. The molecule has 2 aromatic carbocycles. The third-order valence-electron chi connectivity index (χ3n) is 2.81. The van der Waals surface area contributed by atoms with E-state index in [1.165, 1.54) is 12.1 Å². The first kappa shape index (κ1) is 18.0. The molecule has 9 heteroatoms. The number of carboxylic acid groups (broad SMARTS) is 1. The van der Waals surface area contributed by atoms with Gasteiger partial charge < -0.3 is 15.2 Å². The average molecular weight is 451 g/mol. The molecule has 0 aliphatic rings. The fourth-order valence-electron chi connectivity index (χ4n) is 1.80. The first-order valence-electron chi connectivity index (χ1n) is 6.36. The highest BCUT2D eigenvalue weighted by atomic mass is 127. The molecule has 0 fully saturated rings. The number of hydrogen-bond donors (Lipinski definition) is 2. The zero-order chi connectivity index (χ0) is 17.9. The van der Waals surface area contributed by atoms with E-state index in [0.717, 1.165) is 24.3 Å². The highest BCUT2D eigenvalue weighted by Gasteiger charge is 2.31. The summed E-state index contributed by atoms with van der Waals surface area (Å²) < 4.78 is 40.6. The van der Waals surface area contributed by atoms with E-state index in [1.54, 1.807) is 6.07 Å². The number of alkyl halides is 3. The van der Waals surface area contributed by atoms with Gasteiger partial charge in [0.2, 0.25) is 0 Å². The topological polar surface area (TPSA) is 75.6 Å². The van der Waals surface area contributed by atoms with Crippen molar-refractivity contribution in [2.45, 2.75) is 6.36 Å². The van der Waals surface area contributed by atoms with Crippen molar-refractivity contribution in [1.82, 2.24) is 0 Å². The van der Waals surface area contributed by atoms with Gasteiger partial charge in [-0.05, 0) is 65.1 Å². The fraction of sp³-hybridized carbons (Fsp3) is 0.0667. The Hall–Kier alpha value is -2.30. The molecule has 0 atom stereocenters. The monoisotopic (exact) mass is 451 g/mol. The first-order chi connectivity index (χ1) is 11.2. The second kappa shape index (κ2) is 7.07. The Bertz CT molecular complexity index is 775. The van der Waals surface area contributed by atoms with Crippen LogP contribution in [0.5, 0.6) is 5.75 Å². The van der Waals surface area contributed by atoms with Crippen molar-refractivity contribution in [2.24, 2.45) is 0 Å². The van der Waals surface area contributed by atoms with Crippen LogP contribution in [0.4, 0.5) is 18.9 Å². The molecule has 0 spiro atoms. The van der Waals surface area contributed by atoms with Crippen molar-refractivity contribution in [2.75, 3.05) is 5.32 Å². The molecule has 2 N–H and O–H groups in total. The Morgan fingerprint density at radius 1 is 1.08 bits per heavy atom. The molecule has 0 bridgehead atoms. The number of carboxylic acids is 1. The van der Waals surface area contributed by atoms with Crippen LogP contribution in [0, 0.1) is 3.57 Å². The number of ether oxygens (including phenoxy) is 1. The number of hydrogen-bond acceptors (Lipinski definition) is 3. The number of carbonyl (C=O) groups is 2. The third-order valence-corrected chi connectivity index (χ3v) is 3.48. The van der Waals surface area contributed by atoms with Crippen LogP contribution in [0.25, 0.3) is 0 Å². The maximum Gasteiger partial charge on any atom is 0.573 e. The van der Waals surface area contributed by atoms with Crippen molar-refractivity contribution in [3.05, 3.63) is 57.2 Å². The Kier molecular flexibility index (Phi) is 5.32. The lowest BCUT2D eigenvalue weighted by molar-refractivity contribution is -0.274. The van der Waals surface area contributed by atoms with Gasteiger partial charge in [0.05, 0.1) is 11.3 Å². The molecular weight excluding hydrogens is 442 g/mol. The molecule has 2 aromatic rings. The molecule has 1 amide bonds. The van der Waals surface area contributed by atoms with Gasteiger partial charge in [0.25, 0.3) is 5.91 Å². The smallest absolute Gasteiger partial charge is 0.478 e. The van der Waals surface area contributed by atoms with Gasteiger partial charge in [-0.1, -0.05) is 0 Å². The van der Waals surface area contributed by atoms with Crippen LogP contribution in [0.15, 0.2) is 42.5 Å². The highest BCUT2D eigenvalue weighted by molar-refractivity contribution is 14.1.